The second-order valence-corrected chi connectivity index (χ2v) is 9.27. The van der Waals surface area contributed by atoms with E-state index in [1.54, 1.807) is 37.3 Å². The normalized spacial score (nSPS) is 20.4. The predicted molar refractivity (Wildman–Crippen MR) is 133 cm³/mol. The summed E-state index contributed by atoms with van der Waals surface area (Å²) in [6.07, 6.45) is 9.17. The first-order chi connectivity index (χ1) is 18.3. The molecule has 3 aromatic rings. The molecule has 2 unspecified atom stereocenters. The van der Waals surface area contributed by atoms with Gasteiger partial charge in [0, 0.05) is 23.1 Å². The molecule has 1 saturated heterocycles. The Bertz CT molecular complexity index is 1330. The van der Waals surface area contributed by atoms with Crippen molar-refractivity contribution in [3.8, 4) is 6.07 Å². The van der Waals surface area contributed by atoms with Gasteiger partial charge in [-0.15, -0.1) is 0 Å². The number of hydrogen-bond donors (Lipinski definition) is 1. The van der Waals surface area contributed by atoms with Crippen molar-refractivity contribution < 1.29 is 27.8 Å². The second kappa shape index (κ2) is 12.2. The third kappa shape index (κ3) is 6.55. The number of aromatic nitrogens is 3. The van der Waals surface area contributed by atoms with Crippen molar-refractivity contribution in [1.29, 1.82) is 5.26 Å². The number of hydrogen-bond acceptors (Lipinski definition) is 6. The Morgan fingerprint density at radius 2 is 1.95 bits per heavy atom. The molecule has 10 heteroatoms. The van der Waals surface area contributed by atoms with Crippen molar-refractivity contribution in [2.45, 2.75) is 31.8 Å². The molecule has 1 aliphatic heterocycles. The number of rotatable bonds is 9. The zero-order valence-corrected chi connectivity index (χ0v) is 20.7. The maximum absolute atomic E-state index is 14.7. The van der Waals surface area contributed by atoms with E-state index >= 15 is 0 Å². The van der Waals surface area contributed by atoms with Gasteiger partial charge in [0.1, 0.15) is 35.7 Å². The van der Waals surface area contributed by atoms with E-state index in [4.69, 9.17) is 14.7 Å². The van der Waals surface area contributed by atoms with E-state index in [-0.39, 0.29) is 23.6 Å². The van der Waals surface area contributed by atoms with E-state index < -0.39 is 35.3 Å². The largest absolute Gasteiger partial charge is 0.383 e. The molecule has 198 valence electrons. The van der Waals surface area contributed by atoms with Gasteiger partial charge in [0.05, 0.1) is 31.4 Å². The van der Waals surface area contributed by atoms with Gasteiger partial charge < -0.3 is 14.6 Å². The van der Waals surface area contributed by atoms with Gasteiger partial charge in [0.2, 0.25) is 0 Å². The van der Waals surface area contributed by atoms with E-state index in [9.17, 15) is 18.3 Å². The molecule has 1 aromatic heterocycles. The van der Waals surface area contributed by atoms with Gasteiger partial charge in [-0.3, -0.25) is 0 Å². The lowest BCUT2D eigenvalue weighted by molar-refractivity contribution is -0.181. The maximum atomic E-state index is 14.7. The van der Waals surface area contributed by atoms with E-state index in [0.29, 0.717) is 25.2 Å². The summed E-state index contributed by atoms with van der Waals surface area (Å²) >= 11 is 0. The summed E-state index contributed by atoms with van der Waals surface area (Å²) in [7, 11) is 0. The molecule has 2 aromatic carbocycles. The first-order valence-corrected chi connectivity index (χ1v) is 12.1. The summed E-state index contributed by atoms with van der Waals surface area (Å²) in [5.41, 5.74) is -1.11. The summed E-state index contributed by atoms with van der Waals surface area (Å²) in [6, 6.07) is 9.26. The average molecular weight is 525 g/mol. The lowest BCUT2D eigenvalue weighted by Gasteiger charge is -2.38. The minimum atomic E-state index is -1.69. The summed E-state index contributed by atoms with van der Waals surface area (Å²) in [5, 5.41) is 24.5. The Balaban J connectivity index is 1.36. The van der Waals surface area contributed by atoms with Gasteiger partial charge in [-0.25, -0.2) is 22.8 Å². The second-order valence-electron chi connectivity index (χ2n) is 9.27. The van der Waals surface area contributed by atoms with E-state index in [0.717, 1.165) is 12.1 Å². The minimum Gasteiger partial charge on any atom is -0.383 e. The van der Waals surface area contributed by atoms with Crippen molar-refractivity contribution in [3.63, 3.8) is 0 Å². The topological polar surface area (TPSA) is 93.2 Å². The Kier molecular flexibility index (Phi) is 8.73. The third-order valence-electron chi connectivity index (χ3n) is 6.55. The van der Waals surface area contributed by atoms with Crippen molar-refractivity contribution in [2.24, 2.45) is 11.8 Å². The summed E-state index contributed by atoms with van der Waals surface area (Å²) < 4.78 is 55.2. The quantitative estimate of drug-likeness (QED) is 0.407. The van der Waals surface area contributed by atoms with Crippen LogP contribution in [0.5, 0.6) is 0 Å². The van der Waals surface area contributed by atoms with Crippen LogP contribution in [0.15, 0.2) is 67.3 Å². The molecule has 4 rings (SSSR count). The van der Waals surface area contributed by atoms with Crippen molar-refractivity contribution in [3.05, 3.63) is 101 Å². The highest BCUT2D eigenvalue weighted by molar-refractivity contribution is 5.53. The molecule has 0 spiro atoms. The van der Waals surface area contributed by atoms with Crippen LogP contribution in [-0.4, -0.2) is 39.4 Å². The first-order valence-electron chi connectivity index (χ1n) is 12.1. The average Bonchev–Trinajstić information content (AvgIpc) is 3.40. The van der Waals surface area contributed by atoms with Gasteiger partial charge in [0.15, 0.2) is 6.29 Å². The summed E-state index contributed by atoms with van der Waals surface area (Å²) in [5.74, 6) is -2.60. The Morgan fingerprint density at radius 1 is 1.16 bits per heavy atom. The number of aliphatic hydroxyl groups is 1. The lowest BCUT2D eigenvalue weighted by atomic mass is 9.77. The highest BCUT2D eigenvalue weighted by Crippen LogP contribution is 2.37. The van der Waals surface area contributed by atoms with Gasteiger partial charge in [-0.05, 0) is 36.6 Å². The Labute approximate surface area is 218 Å². The van der Waals surface area contributed by atoms with Gasteiger partial charge >= 0.3 is 0 Å². The van der Waals surface area contributed by atoms with Gasteiger partial charge in [-0.1, -0.05) is 37.3 Å². The number of nitrogens with zero attached hydrogens (tertiary/aromatic N) is 4. The zero-order valence-electron chi connectivity index (χ0n) is 20.7. The molecule has 1 fully saturated rings. The number of halogens is 3. The molecule has 7 nitrogen and oxygen atoms in total. The fraction of sp³-hybridized carbons (Fsp3) is 0.321. The monoisotopic (exact) mass is 524 g/mol. The fourth-order valence-electron chi connectivity index (χ4n) is 4.45. The molecule has 0 saturated carbocycles. The fourth-order valence-corrected chi connectivity index (χ4v) is 4.45. The Morgan fingerprint density at radius 3 is 2.61 bits per heavy atom. The predicted octanol–water partition coefficient (Wildman–Crippen LogP) is 4.74. The third-order valence-corrected chi connectivity index (χ3v) is 6.55. The highest BCUT2D eigenvalue weighted by atomic mass is 19.1. The lowest BCUT2D eigenvalue weighted by Crippen LogP contribution is -2.42. The minimum absolute atomic E-state index is 0.0224. The molecule has 0 bridgehead atoms. The first kappa shape index (κ1) is 27.3. The Hall–Kier alpha value is -3.78. The molecule has 1 aliphatic rings. The SMILES string of the molecule is CC(CC1COC(C=CC=Cc2ccc(C#N)cc2F)OC1)C(O)(Cn1cncn1)c1ccc(F)cc1F. The number of allylic oxidation sites excluding steroid dienone is 2. The van der Waals surface area contributed by atoms with Crippen LogP contribution >= 0.6 is 0 Å². The summed E-state index contributed by atoms with van der Waals surface area (Å²) in [6.45, 7) is 2.42. The standard InChI is InChI=1S/C28H27F3N4O3/c1-19(28(36,16-35-18-33-17-34-35)24-9-8-23(29)12-26(24)31)10-21-14-37-27(38-15-21)5-3-2-4-22-7-6-20(13-32)11-25(22)30/h2-9,11-12,17-19,21,27,36H,10,14-16H2,1H3. The highest BCUT2D eigenvalue weighted by Gasteiger charge is 2.40. The molecule has 0 amide bonds. The molecule has 2 heterocycles. The van der Waals surface area contributed by atoms with E-state index in [1.807, 2.05) is 6.07 Å². The molecule has 0 radical (unpaired) electrons. The van der Waals surface area contributed by atoms with Gasteiger partial charge in [-0.2, -0.15) is 10.4 Å². The van der Waals surface area contributed by atoms with Crippen LogP contribution in [0, 0.1) is 40.6 Å². The molecular formula is C28H27F3N4O3. The molecule has 0 aliphatic carbocycles. The van der Waals surface area contributed by atoms with Gasteiger partial charge in [0.25, 0.3) is 0 Å². The van der Waals surface area contributed by atoms with Crippen LogP contribution in [-0.2, 0) is 21.6 Å². The molecule has 2 atom stereocenters. The van der Waals surface area contributed by atoms with Crippen LogP contribution in [0.4, 0.5) is 13.2 Å². The van der Waals surface area contributed by atoms with Crippen LogP contribution in [0.2, 0.25) is 0 Å². The van der Waals surface area contributed by atoms with Crippen LogP contribution in [0.3, 0.4) is 0 Å². The molecule has 1 N–H and O–H groups in total. The maximum Gasteiger partial charge on any atom is 0.177 e. The van der Waals surface area contributed by atoms with Crippen molar-refractivity contribution >= 4 is 6.08 Å². The van der Waals surface area contributed by atoms with Crippen LogP contribution in [0.1, 0.15) is 30.0 Å². The number of nitriles is 1. The van der Waals surface area contributed by atoms with Crippen LogP contribution < -0.4 is 0 Å². The smallest absolute Gasteiger partial charge is 0.177 e. The molecule has 38 heavy (non-hydrogen) atoms. The van der Waals surface area contributed by atoms with Crippen LogP contribution in [0.25, 0.3) is 6.08 Å². The number of ether oxygens (including phenoxy) is 2. The van der Waals surface area contributed by atoms with E-state index in [2.05, 4.69) is 10.1 Å². The zero-order chi connectivity index (χ0) is 27.1. The number of benzene rings is 2. The van der Waals surface area contributed by atoms with Crippen molar-refractivity contribution in [1.82, 2.24) is 14.8 Å². The van der Waals surface area contributed by atoms with E-state index in [1.165, 1.54) is 35.5 Å². The molecular weight excluding hydrogens is 497 g/mol. The van der Waals surface area contributed by atoms with Crippen molar-refractivity contribution in [2.75, 3.05) is 13.2 Å². The summed E-state index contributed by atoms with van der Waals surface area (Å²) in [4.78, 5) is 3.88.